The van der Waals surface area contributed by atoms with Crippen molar-refractivity contribution >= 4 is 53.4 Å². The number of rotatable bonds is 4. The summed E-state index contributed by atoms with van der Waals surface area (Å²) in [6.07, 6.45) is 2.35. The summed E-state index contributed by atoms with van der Waals surface area (Å²) >= 11 is 5.98. The van der Waals surface area contributed by atoms with Gasteiger partial charge in [-0.15, -0.1) is 24.8 Å². The van der Waals surface area contributed by atoms with Crippen molar-refractivity contribution in [2.45, 2.75) is 25.2 Å². The quantitative estimate of drug-likeness (QED) is 0.860. The first-order valence-corrected chi connectivity index (χ1v) is 8.03. The monoisotopic (exact) mass is 393 g/mol. The Morgan fingerprint density at radius 3 is 2.75 bits per heavy atom. The third-order valence-electron chi connectivity index (χ3n) is 4.15. The van der Waals surface area contributed by atoms with Gasteiger partial charge in [-0.05, 0) is 38.1 Å². The van der Waals surface area contributed by atoms with Gasteiger partial charge < -0.3 is 14.6 Å². The SMILES string of the molecule is CNCCC(=O)N1CCC(c2nc3cc(Cl)ccc3o2)CC1.Cl.Cl. The molecule has 1 N–H and O–H groups in total. The highest BCUT2D eigenvalue weighted by Gasteiger charge is 2.26. The van der Waals surface area contributed by atoms with Crippen molar-refractivity contribution in [2.75, 3.05) is 26.7 Å². The highest BCUT2D eigenvalue weighted by molar-refractivity contribution is 6.31. The predicted octanol–water partition coefficient (Wildman–Crippen LogP) is 3.64. The number of piperidine rings is 1. The zero-order valence-corrected chi connectivity index (χ0v) is 15.8. The Balaban J connectivity index is 0.00000144. The molecule has 2 heterocycles. The number of nitrogens with zero attached hydrogens (tertiary/aromatic N) is 2. The molecule has 0 atom stereocenters. The number of fused-ring (bicyclic) bond motifs is 1. The van der Waals surface area contributed by atoms with E-state index >= 15 is 0 Å². The molecule has 0 unspecified atom stereocenters. The van der Waals surface area contributed by atoms with Gasteiger partial charge in [0.15, 0.2) is 11.5 Å². The average Bonchev–Trinajstić information content (AvgIpc) is 2.95. The summed E-state index contributed by atoms with van der Waals surface area (Å²) in [4.78, 5) is 18.5. The van der Waals surface area contributed by atoms with Gasteiger partial charge in [0.25, 0.3) is 0 Å². The number of halogens is 3. The molecule has 0 bridgehead atoms. The molecule has 0 saturated carbocycles. The lowest BCUT2D eigenvalue weighted by Crippen LogP contribution is -2.38. The van der Waals surface area contributed by atoms with Crippen LogP contribution in [0.1, 0.15) is 31.1 Å². The number of hydrogen-bond donors (Lipinski definition) is 1. The summed E-state index contributed by atoms with van der Waals surface area (Å²) in [6, 6.07) is 5.48. The van der Waals surface area contributed by atoms with E-state index in [1.54, 1.807) is 0 Å². The molecule has 1 aliphatic heterocycles. The fourth-order valence-corrected chi connectivity index (χ4v) is 3.03. The van der Waals surface area contributed by atoms with Gasteiger partial charge >= 0.3 is 0 Å². The maximum Gasteiger partial charge on any atom is 0.223 e. The number of aromatic nitrogens is 1. The lowest BCUT2D eigenvalue weighted by atomic mass is 9.96. The molecule has 0 spiro atoms. The van der Waals surface area contributed by atoms with Gasteiger partial charge in [-0.3, -0.25) is 4.79 Å². The van der Waals surface area contributed by atoms with E-state index in [-0.39, 0.29) is 36.6 Å². The molecule has 5 nitrogen and oxygen atoms in total. The van der Waals surface area contributed by atoms with Crippen molar-refractivity contribution in [3.63, 3.8) is 0 Å². The lowest BCUT2D eigenvalue weighted by Gasteiger charge is -2.30. The summed E-state index contributed by atoms with van der Waals surface area (Å²) in [5.41, 5.74) is 1.57. The Morgan fingerprint density at radius 1 is 1.38 bits per heavy atom. The molecule has 134 valence electrons. The Kier molecular flexibility index (Phi) is 8.30. The zero-order chi connectivity index (χ0) is 15.5. The van der Waals surface area contributed by atoms with Crippen molar-refractivity contribution < 1.29 is 9.21 Å². The Labute approximate surface area is 158 Å². The number of carbonyl (C=O) groups is 1. The van der Waals surface area contributed by atoms with Crippen LogP contribution in [0.2, 0.25) is 5.02 Å². The second-order valence-electron chi connectivity index (χ2n) is 5.67. The van der Waals surface area contributed by atoms with Crippen molar-refractivity contribution in [3.05, 3.63) is 29.1 Å². The Bertz CT molecular complexity index is 670. The maximum atomic E-state index is 12.0. The highest BCUT2D eigenvalue weighted by Crippen LogP contribution is 2.30. The van der Waals surface area contributed by atoms with E-state index in [1.807, 2.05) is 30.1 Å². The third kappa shape index (κ3) is 4.76. The molecule has 3 rings (SSSR count). The van der Waals surface area contributed by atoms with Gasteiger partial charge in [0, 0.05) is 37.0 Å². The minimum atomic E-state index is 0. The van der Waals surface area contributed by atoms with Crippen LogP contribution in [0.15, 0.2) is 22.6 Å². The fourth-order valence-electron chi connectivity index (χ4n) is 2.86. The van der Waals surface area contributed by atoms with Crippen LogP contribution < -0.4 is 5.32 Å². The second-order valence-corrected chi connectivity index (χ2v) is 6.11. The minimum Gasteiger partial charge on any atom is -0.440 e. The number of likely N-dealkylation sites (tertiary alicyclic amines) is 1. The molecule has 0 radical (unpaired) electrons. The van der Waals surface area contributed by atoms with Crippen LogP contribution in [0, 0.1) is 0 Å². The van der Waals surface area contributed by atoms with E-state index < -0.39 is 0 Å². The van der Waals surface area contributed by atoms with Gasteiger partial charge in [-0.1, -0.05) is 11.6 Å². The topological polar surface area (TPSA) is 58.4 Å². The van der Waals surface area contributed by atoms with Crippen molar-refractivity contribution in [3.8, 4) is 0 Å². The number of nitrogens with one attached hydrogen (secondary N) is 1. The normalized spacial score (nSPS) is 15.0. The standard InChI is InChI=1S/C16H20ClN3O2.2ClH/c1-18-7-4-15(21)20-8-5-11(6-9-20)16-19-13-10-12(17)2-3-14(13)22-16;;/h2-3,10-11,18H,4-9H2,1H3;2*1H. The molecular weight excluding hydrogens is 373 g/mol. The Hall–Kier alpha value is -1.01. The van der Waals surface area contributed by atoms with Crippen LogP contribution in [0.3, 0.4) is 0 Å². The van der Waals surface area contributed by atoms with Crippen LogP contribution in [0.5, 0.6) is 0 Å². The first-order valence-electron chi connectivity index (χ1n) is 7.65. The molecule has 1 aromatic carbocycles. The summed E-state index contributed by atoms with van der Waals surface area (Å²) < 4.78 is 5.84. The van der Waals surface area contributed by atoms with E-state index in [0.29, 0.717) is 11.4 Å². The lowest BCUT2D eigenvalue weighted by molar-refractivity contribution is -0.132. The van der Waals surface area contributed by atoms with Gasteiger partial charge in [0.05, 0.1) is 0 Å². The molecule has 0 aliphatic carbocycles. The average molecular weight is 395 g/mol. The fraction of sp³-hybridized carbons (Fsp3) is 0.500. The molecule has 2 aromatic rings. The number of oxazole rings is 1. The number of amides is 1. The molecule has 1 aliphatic rings. The number of benzene rings is 1. The Morgan fingerprint density at radius 2 is 2.08 bits per heavy atom. The van der Waals surface area contributed by atoms with E-state index in [2.05, 4.69) is 10.3 Å². The summed E-state index contributed by atoms with van der Waals surface area (Å²) in [6.45, 7) is 2.27. The van der Waals surface area contributed by atoms with Gasteiger partial charge in [0.2, 0.25) is 5.91 Å². The van der Waals surface area contributed by atoms with E-state index in [9.17, 15) is 4.79 Å². The van der Waals surface area contributed by atoms with Crippen molar-refractivity contribution in [1.82, 2.24) is 15.2 Å². The van der Waals surface area contributed by atoms with E-state index in [4.69, 9.17) is 16.0 Å². The third-order valence-corrected chi connectivity index (χ3v) is 4.39. The van der Waals surface area contributed by atoms with Crippen molar-refractivity contribution in [1.29, 1.82) is 0 Å². The van der Waals surface area contributed by atoms with Gasteiger partial charge in [-0.25, -0.2) is 4.98 Å². The van der Waals surface area contributed by atoms with Gasteiger partial charge in [-0.2, -0.15) is 0 Å². The largest absolute Gasteiger partial charge is 0.440 e. The van der Waals surface area contributed by atoms with E-state index in [1.165, 1.54) is 0 Å². The zero-order valence-electron chi connectivity index (χ0n) is 13.5. The summed E-state index contributed by atoms with van der Waals surface area (Å²) in [7, 11) is 1.86. The second kappa shape index (κ2) is 9.47. The highest BCUT2D eigenvalue weighted by atomic mass is 35.5. The van der Waals surface area contributed by atoms with E-state index in [0.717, 1.165) is 49.5 Å². The van der Waals surface area contributed by atoms with Crippen molar-refractivity contribution in [2.24, 2.45) is 0 Å². The maximum absolute atomic E-state index is 12.0. The van der Waals surface area contributed by atoms with Crippen LogP contribution >= 0.6 is 36.4 Å². The predicted molar refractivity (Wildman–Crippen MR) is 101 cm³/mol. The van der Waals surface area contributed by atoms with Crippen LogP contribution in [-0.2, 0) is 4.79 Å². The first kappa shape index (κ1) is 21.0. The summed E-state index contributed by atoms with van der Waals surface area (Å²) in [5, 5.41) is 3.67. The number of hydrogen-bond acceptors (Lipinski definition) is 4. The summed E-state index contributed by atoms with van der Waals surface area (Å²) in [5.74, 6) is 1.26. The molecule has 1 aromatic heterocycles. The molecular formula is C16H22Cl3N3O2. The van der Waals surface area contributed by atoms with Crippen LogP contribution in [0.4, 0.5) is 0 Å². The van der Waals surface area contributed by atoms with Crippen LogP contribution in [-0.4, -0.2) is 42.5 Å². The van der Waals surface area contributed by atoms with Crippen LogP contribution in [0.25, 0.3) is 11.1 Å². The smallest absolute Gasteiger partial charge is 0.223 e. The first-order chi connectivity index (χ1) is 10.7. The molecule has 1 saturated heterocycles. The molecule has 24 heavy (non-hydrogen) atoms. The molecule has 1 fully saturated rings. The minimum absolute atomic E-state index is 0. The molecule has 1 amide bonds. The molecule has 8 heteroatoms. The number of carbonyl (C=O) groups excluding carboxylic acids is 1. The van der Waals surface area contributed by atoms with Gasteiger partial charge in [0.1, 0.15) is 5.52 Å².